The van der Waals surface area contributed by atoms with Crippen molar-refractivity contribution in [3.8, 4) is 23.0 Å². The minimum atomic E-state index is -0.699. The normalized spacial score (nSPS) is 10.6. The van der Waals surface area contributed by atoms with E-state index in [1.54, 1.807) is 0 Å². The van der Waals surface area contributed by atoms with E-state index in [1.807, 2.05) is 0 Å². The molecule has 0 saturated heterocycles. The number of phenols is 2. The average molecular weight is 338 g/mol. The van der Waals surface area contributed by atoms with Crippen LogP contribution in [0, 0.1) is 11.6 Å². The maximum absolute atomic E-state index is 13.1. The Morgan fingerprint density at radius 2 is 1.08 bits per heavy atom. The smallest absolute Gasteiger partial charge is 0.168 e. The summed E-state index contributed by atoms with van der Waals surface area (Å²) in [5.74, 6) is -1.40. The molecule has 0 bridgehead atoms. The Hall–Kier alpha value is -2.50. The van der Waals surface area contributed by atoms with Gasteiger partial charge in [0.1, 0.15) is 11.5 Å². The first kappa shape index (κ1) is 17.8. The van der Waals surface area contributed by atoms with Crippen molar-refractivity contribution in [1.29, 1.82) is 0 Å². The van der Waals surface area contributed by atoms with Crippen LogP contribution in [0.3, 0.4) is 0 Å². The van der Waals surface area contributed by atoms with Gasteiger partial charge in [0.25, 0.3) is 0 Å². The largest absolute Gasteiger partial charge is 0.505 e. The summed E-state index contributed by atoms with van der Waals surface area (Å²) in [6, 6.07) is 7.86. The Kier molecular flexibility index (Phi) is 6.66. The van der Waals surface area contributed by atoms with E-state index in [0.29, 0.717) is 24.7 Å². The Bertz CT molecular complexity index is 604. The van der Waals surface area contributed by atoms with Crippen LogP contribution < -0.4 is 9.47 Å². The van der Waals surface area contributed by atoms with Crippen molar-refractivity contribution >= 4 is 0 Å². The molecule has 2 aromatic carbocycles. The van der Waals surface area contributed by atoms with Crippen LogP contribution >= 0.6 is 0 Å². The lowest BCUT2D eigenvalue weighted by Gasteiger charge is -2.08. The first-order valence-corrected chi connectivity index (χ1v) is 7.79. The van der Waals surface area contributed by atoms with Gasteiger partial charge >= 0.3 is 0 Å². The minimum Gasteiger partial charge on any atom is -0.505 e. The summed E-state index contributed by atoms with van der Waals surface area (Å²) < 4.78 is 37.0. The van der Waals surface area contributed by atoms with Crippen molar-refractivity contribution in [2.45, 2.75) is 25.7 Å². The van der Waals surface area contributed by atoms with Crippen molar-refractivity contribution in [2.75, 3.05) is 13.2 Å². The van der Waals surface area contributed by atoms with Crippen LogP contribution in [0.4, 0.5) is 8.78 Å². The van der Waals surface area contributed by atoms with Crippen LogP contribution in [0.5, 0.6) is 23.0 Å². The van der Waals surface area contributed by atoms with Gasteiger partial charge in [-0.05, 0) is 49.9 Å². The zero-order chi connectivity index (χ0) is 17.4. The highest BCUT2D eigenvalue weighted by molar-refractivity contribution is 5.32. The molecule has 0 spiro atoms. The van der Waals surface area contributed by atoms with Gasteiger partial charge in [-0.3, -0.25) is 0 Å². The molecule has 4 nitrogen and oxygen atoms in total. The molecule has 2 aromatic rings. The molecule has 0 atom stereocenters. The summed E-state index contributed by atoms with van der Waals surface area (Å²) in [4.78, 5) is 0. The molecule has 130 valence electrons. The van der Waals surface area contributed by atoms with Crippen molar-refractivity contribution in [3.05, 3.63) is 48.0 Å². The molecule has 0 aliphatic heterocycles. The third-order valence-electron chi connectivity index (χ3n) is 3.41. The summed E-state index contributed by atoms with van der Waals surface area (Å²) in [5.41, 5.74) is 0. The maximum Gasteiger partial charge on any atom is 0.168 e. The predicted octanol–water partition coefficient (Wildman–Crippen LogP) is 4.39. The highest BCUT2D eigenvalue weighted by Crippen LogP contribution is 2.22. The summed E-state index contributed by atoms with van der Waals surface area (Å²) in [6.07, 6.45) is 3.48. The van der Waals surface area contributed by atoms with Gasteiger partial charge in [-0.25, -0.2) is 8.78 Å². The molecular weight excluding hydrogens is 318 g/mol. The van der Waals surface area contributed by atoms with E-state index in [0.717, 1.165) is 37.8 Å². The average Bonchev–Trinajstić information content (AvgIpc) is 2.56. The molecule has 0 amide bonds. The van der Waals surface area contributed by atoms with Crippen molar-refractivity contribution in [1.82, 2.24) is 0 Å². The summed E-state index contributed by atoms with van der Waals surface area (Å²) in [7, 11) is 0. The van der Waals surface area contributed by atoms with Gasteiger partial charge in [-0.2, -0.15) is 0 Å². The first-order chi connectivity index (χ1) is 11.6. The fraction of sp³-hybridized carbons (Fsp3) is 0.333. The highest BCUT2D eigenvalue weighted by Gasteiger charge is 2.03. The molecule has 0 aliphatic rings. The van der Waals surface area contributed by atoms with Crippen molar-refractivity contribution in [3.63, 3.8) is 0 Å². The highest BCUT2D eigenvalue weighted by atomic mass is 19.1. The molecule has 0 radical (unpaired) electrons. The topological polar surface area (TPSA) is 58.9 Å². The number of phenolic OH excluding ortho intramolecular Hbond substituents is 2. The van der Waals surface area contributed by atoms with E-state index in [9.17, 15) is 8.78 Å². The Morgan fingerprint density at radius 3 is 1.46 bits per heavy atom. The lowest BCUT2D eigenvalue weighted by molar-refractivity contribution is 0.285. The van der Waals surface area contributed by atoms with Gasteiger partial charge in [0.15, 0.2) is 23.1 Å². The number of unbranched alkanes of at least 4 members (excludes halogenated alkanes) is 3. The zero-order valence-electron chi connectivity index (χ0n) is 13.2. The van der Waals surface area contributed by atoms with Gasteiger partial charge in [0.2, 0.25) is 0 Å². The summed E-state index contributed by atoms with van der Waals surface area (Å²) in [5, 5.41) is 18.1. The fourth-order valence-corrected chi connectivity index (χ4v) is 2.09. The molecule has 24 heavy (non-hydrogen) atoms. The second-order valence-electron chi connectivity index (χ2n) is 5.34. The van der Waals surface area contributed by atoms with Crippen LogP contribution in [-0.4, -0.2) is 23.4 Å². The number of halogens is 2. The fourth-order valence-electron chi connectivity index (χ4n) is 2.09. The van der Waals surface area contributed by atoms with Crippen molar-refractivity contribution < 1.29 is 28.5 Å². The van der Waals surface area contributed by atoms with Gasteiger partial charge in [-0.15, -0.1) is 0 Å². The standard InChI is InChI=1S/C18H20F2O4/c19-15-11-13(5-7-17(15)21)23-9-3-1-2-4-10-24-14-6-8-18(22)16(20)12-14/h5-8,11-12,21-22H,1-4,9-10H2. The number of hydrogen-bond acceptors (Lipinski definition) is 4. The lowest BCUT2D eigenvalue weighted by Crippen LogP contribution is -2.00. The Balaban J connectivity index is 1.53. The van der Waals surface area contributed by atoms with E-state index >= 15 is 0 Å². The van der Waals surface area contributed by atoms with E-state index < -0.39 is 23.1 Å². The number of aromatic hydroxyl groups is 2. The summed E-state index contributed by atoms with van der Waals surface area (Å²) in [6.45, 7) is 0.933. The monoisotopic (exact) mass is 338 g/mol. The predicted molar refractivity (Wildman–Crippen MR) is 85.6 cm³/mol. The van der Waals surface area contributed by atoms with Crippen LogP contribution in [-0.2, 0) is 0 Å². The zero-order valence-corrected chi connectivity index (χ0v) is 13.2. The molecule has 0 aliphatic carbocycles. The van der Waals surface area contributed by atoms with E-state index in [1.165, 1.54) is 24.3 Å². The van der Waals surface area contributed by atoms with E-state index in [2.05, 4.69) is 0 Å². The number of hydrogen-bond donors (Lipinski definition) is 2. The first-order valence-electron chi connectivity index (χ1n) is 7.79. The number of rotatable bonds is 9. The Morgan fingerprint density at radius 1 is 0.667 bits per heavy atom. The number of ether oxygens (including phenoxy) is 2. The van der Waals surface area contributed by atoms with Gasteiger partial charge in [0.05, 0.1) is 13.2 Å². The number of benzene rings is 2. The minimum absolute atomic E-state index is 0.392. The molecule has 0 heterocycles. The van der Waals surface area contributed by atoms with Gasteiger partial charge in [-0.1, -0.05) is 0 Å². The molecule has 0 unspecified atom stereocenters. The van der Waals surface area contributed by atoms with E-state index in [-0.39, 0.29) is 0 Å². The van der Waals surface area contributed by atoms with Crippen LogP contribution in [0.25, 0.3) is 0 Å². The molecule has 2 N–H and O–H groups in total. The third-order valence-corrected chi connectivity index (χ3v) is 3.41. The van der Waals surface area contributed by atoms with Crippen LogP contribution in [0.1, 0.15) is 25.7 Å². The second-order valence-corrected chi connectivity index (χ2v) is 5.34. The van der Waals surface area contributed by atoms with E-state index in [4.69, 9.17) is 19.7 Å². The second kappa shape index (κ2) is 8.96. The van der Waals surface area contributed by atoms with Gasteiger partial charge in [0, 0.05) is 12.1 Å². The van der Waals surface area contributed by atoms with Crippen LogP contribution in [0.15, 0.2) is 36.4 Å². The SMILES string of the molecule is Oc1ccc(OCCCCCCOc2ccc(O)c(F)c2)cc1F. The maximum atomic E-state index is 13.1. The summed E-state index contributed by atoms with van der Waals surface area (Å²) >= 11 is 0. The van der Waals surface area contributed by atoms with Crippen LogP contribution in [0.2, 0.25) is 0 Å². The van der Waals surface area contributed by atoms with Gasteiger partial charge < -0.3 is 19.7 Å². The molecule has 2 rings (SSSR count). The quantitative estimate of drug-likeness (QED) is 0.666. The van der Waals surface area contributed by atoms with Crippen molar-refractivity contribution in [2.24, 2.45) is 0 Å². The Labute approximate surface area is 139 Å². The molecule has 0 fully saturated rings. The molecule has 6 heteroatoms. The molecular formula is C18H20F2O4. The third kappa shape index (κ3) is 5.61. The molecule has 0 saturated carbocycles. The lowest BCUT2D eigenvalue weighted by atomic mass is 10.2. The molecule has 0 aromatic heterocycles.